The monoisotopic (exact) mass is 274 g/mol. The summed E-state index contributed by atoms with van der Waals surface area (Å²) in [6.45, 7) is 1.80. The van der Waals surface area contributed by atoms with E-state index < -0.39 is 5.97 Å². The summed E-state index contributed by atoms with van der Waals surface area (Å²) in [5.41, 5.74) is 3.39. The Balaban J connectivity index is 1.77. The van der Waals surface area contributed by atoms with Crippen LogP contribution in [0.5, 0.6) is 0 Å². The second-order valence-electron chi connectivity index (χ2n) is 4.63. The van der Waals surface area contributed by atoms with Crippen molar-refractivity contribution in [3.05, 3.63) is 46.5 Å². The topological polar surface area (TPSA) is 53.4 Å². The lowest BCUT2D eigenvalue weighted by molar-refractivity contribution is -0.136. The fourth-order valence-corrected chi connectivity index (χ4v) is 3.19. The van der Waals surface area contributed by atoms with Crippen molar-refractivity contribution in [1.29, 1.82) is 0 Å². The molecule has 0 radical (unpaired) electrons. The van der Waals surface area contributed by atoms with E-state index in [1.165, 1.54) is 22.5 Å². The largest absolute Gasteiger partial charge is 0.481 e. The number of aliphatic carboxylic acids is 1. The van der Waals surface area contributed by atoms with Crippen LogP contribution in [0.4, 0.5) is 5.13 Å². The molecule has 0 aliphatic carbocycles. The third-order valence-electron chi connectivity index (χ3n) is 3.27. The van der Waals surface area contributed by atoms with Gasteiger partial charge in [0.25, 0.3) is 0 Å². The second kappa shape index (κ2) is 5.01. The van der Waals surface area contributed by atoms with Gasteiger partial charge < -0.3 is 10.0 Å². The van der Waals surface area contributed by atoms with Crippen molar-refractivity contribution in [3.8, 4) is 0 Å². The molecule has 5 heteroatoms. The SMILES string of the molecule is O=C(O)Cc1csc(N2CCc3ccccc3C2)n1. The molecule has 19 heavy (non-hydrogen) atoms. The van der Waals surface area contributed by atoms with Crippen LogP contribution in [0.2, 0.25) is 0 Å². The van der Waals surface area contributed by atoms with Crippen molar-refractivity contribution in [2.45, 2.75) is 19.4 Å². The van der Waals surface area contributed by atoms with Crippen molar-refractivity contribution in [2.75, 3.05) is 11.4 Å². The summed E-state index contributed by atoms with van der Waals surface area (Å²) in [4.78, 5) is 17.3. The van der Waals surface area contributed by atoms with E-state index >= 15 is 0 Å². The zero-order chi connectivity index (χ0) is 13.2. The molecule has 4 nitrogen and oxygen atoms in total. The molecule has 98 valence electrons. The van der Waals surface area contributed by atoms with E-state index in [0.717, 1.165) is 24.6 Å². The van der Waals surface area contributed by atoms with Gasteiger partial charge in [-0.1, -0.05) is 24.3 Å². The number of fused-ring (bicyclic) bond motifs is 1. The van der Waals surface area contributed by atoms with E-state index in [0.29, 0.717) is 5.69 Å². The molecule has 1 aliphatic heterocycles. The number of rotatable bonds is 3. The minimum Gasteiger partial charge on any atom is -0.481 e. The van der Waals surface area contributed by atoms with E-state index in [-0.39, 0.29) is 6.42 Å². The molecule has 1 aromatic heterocycles. The molecular formula is C14H14N2O2S. The molecule has 0 spiro atoms. The molecule has 0 bridgehead atoms. The summed E-state index contributed by atoms with van der Waals surface area (Å²) in [6, 6.07) is 8.44. The van der Waals surface area contributed by atoms with E-state index in [4.69, 9.17) is 5.11 Å². The quantitative estimate of drug-likeness (QED) is 0.933. The standard InChI is InChI=1S/C14H14N2O2S/c17-13(18)7-12-9-19-14(15-12)16-6-5-10-3-1-2-4-11(10)8-16/h1-4,9H,5-8H2,(H,17,18). The van der Waals surface area contributed by atoms with Gasteiger partial charge in [0.2, 0.25) is 0 Å². The zero-order valence-corrected chi connectivity index (χ0v) is 11.2. The maximum atomic E-state index is 10.7. The highest BCUT2D eigenvalue weighted by Crippen LogP contribution is 2.27. The van der Waals surface area contributed by atoms with E-state index in [1.807, 2.05) is 5.38 Å². The maximum Gasteiger partial charge on any atom is 0.309 e. The van der Waals surface area contributed by atoms with Crippen LogP contribution in [0.25, 0.3) is 0 Å². The number of hydrogen-bond acceptors (Lipinski definition) is 4. The lowest BCUT2D eigenvalue weighted by Crippen LogP contribution is -2.30. The van der Waals surface area contributed by atoms with Gasteiger partial charge in [0, 0.05) is 18.5 Å². The highest BCUT2D eigenvalue weighted by atomic mass is 32.1. The third kappa shape index (κ3) is 2.61. The molecule has 0 saturated carbocycles. The van der Waals surface area contributed by atoms with Crippen molar-refractivity contribution in [2.24, 2.45) is 0 Å². The molecule has 0 unspecified atom stereocenters. The number of aromatic nitrogens is 1. The maximum absolute atomic E-state index is 10.7. The van der Waals surface area contributed by atoms with Crippen LogP contribution in [-0.2, 0) is 24.2 Å². The van der Waals surface area contributed by atoms with Crippen molar-refractivity contribution in [3.63, 3.8) is 0 Å². The fourth-order valence-electron chi connectivity index (χ4n) is 2.34. The lowest BCUT2D eigenvalue weighted by Gasteiger charge is -2.28. The van der Waals surface area contributed by atoms with Crippen LogP contribution in [0.1, 0.15) is 16.8 Å². The van der Waals surface area contributed by atoms with E-state index in [1.54, 1.807) is 0 Å². The highest BCUT2D eigenvalue weighted by molar-refractivity contribution is 7.13. The Morgan fingerprint density at radius 3 is 2.95 bits per heavy atom. The molecule has 1 N–H and O–H groups in total. The Kier molecular flexibility index (Phi) is 3.21. The van der Waals surface area contributed by atoms with Crippen LogP contribution in [-0.4, -0.2) is 22.6 Å². The molecule has 0 atom stereocenters. The molecule has 0 fully saturated rings. The van der Waals surface area contributed by atoms with Crippen LogP contribution in [0.3, 0.4) is 0 Å². The summed E-state index contributed by atoms with van der Waals surface area (Å²) in [7, 11) is 0. The molecule has 2 aromatic rings. The lowest BCUT2D eigenvalue weighted by atomic mass is 10.0. The van der Waals surface area contributed by atoms with Gasteiger partial charge in [0.1, 0.15) is 0 Å². The number of hydrogen-bond donors (Lipinski definition) is 1. The number of carboxylic acids is 1. The first kappa shape index (κ1) is 12.2. The third-order valence-corrected chi connectivity index (χ3v) is 4.22. The number of anilines is 1. The van der Waals surface area contributed by atoms with Gasteiger partial charge in [0.05, 0.1) is 12.1 Å². The normalized spacial score (nSPS) is 14.2. The molecule has 1 aromatic carbocycles. The molecule has 0 saturated heterocycles. The van der Waals surface area contributed by atoms with Gasteiger partial charge in [-0.25, -0.2) is 4.98 Å². The van der Waals surface area contributed by atoms with Gasteiger partial charge in [-0.3, -0.25) is 4.79 Å². The van der Waals surface area contributed by atoms with Crippen LogP contribution < -0.4 is 4.90 Å². The van der Waals surface area contributed by atoms with Crippen molar-refractivity contribution >= 4 is 22.4 Å². The summed E-state index contributed by atoms with van der Waals surface area (Å²) in [6.07, 6.45) is 1.02. The second-order valence-corrected chi connectivity index (χ2v) is 5.47. The first-order chi connectivity index (χ1) is 9.22. The first-order valence-corrected chi connectivity index (χ1v) is 7.08. The van der Waals surface area contributed by atoms with Crippen LogP contribution >= 0.6 is 11.3 Å². The van der Waals surface area contributed by atoms with Crippen molar-refractivity contribution in [1.82, 2.24) is 4.98 Å². The molecule has 1 aliphatic rings. The molecule has 2 heterocycles. The summed E-state index contributed by atoms with van der Waals surface area (Å²) < 4.78 is 0. The number of carbonyl (C=O) groups is 1. The van der Waals surface area contributed by atoms with E-state index in [2.05, 4.69) is 34.1 Å². The van der Waals surface area contributed by atoms with Gasteiger partial charge in [-0.05, 0) is 17.5 Å². The van der Waals surface area contributed by atoms with Gasteiger partial charge in [-0.2, -0.15) is 0 Å². The summed E-state index contributed by atoms with van der Waals surface area (Å²) in [5, 5.41) is 11.5. The minimum absolute atomic E-state index is 0.000920. The predicted octanol–water partition coefficient (Wildman–Crippen LogP) is 2.33. The number of carboxylic acid groups (broad SMARTS) is 1. The van der Waals surface area contributed by atoms with Crippen LogP contribution in [0.15, 0.2) is 29.6 Å². The van der Waals surface area contributed by atoms with E-state index in [9.17, 15) is 4.79 Å². The Morgan fingerprint density at radius 2 is 2.16 bits per heavy atom. The van der Waals surface area contributed by atoms with Gasteiger partial charge in [-0.15, -0.1) is 11.3 Å². The zero-order valence-electron chi connectivity index (χ0n) is 10.4. The number of thiazole rings is 1. The average molecular weight is 274 g/mol. The molecule has 0 amide bonds. The highest BCUT2D eigenvalue weighted by Gasteiger charge is 2.18. The summed E-state index contributed by atoms with van der Waals surface area (Å²) in [5.74, 6) is -0.833. The Bertz CT molecular complexity index is 609. The first-order valence-electron chi connectivity index (χ1n) is 6.20. The summed E-state index contributed by atoms with van der Waals surface area (Å²) >= 11 is 1.52. The molecular weight excluding hydrogens is 260 g/mol. The average Bonchev–Trinajstić information content (AvgIpc) is 2.86. The van der Waals surface area contributed by atoms with Crippen LogP contribution in [0, 0.1) is 0 Å². The number of benzene rings is 1. The fraction of sp³-hybridized carbons (Fsp3) is 0.286. The predicted molar refractivity (Wildman–Crippen MR) is 74.6 cm³/mol. The Morgan fingerprint density at radius 1 is 1.37 bits per heavy atom. The smallest absolute Gasteiger partial charge is 0.309 e. The Labute approximate surface area is 115 Å². The van der Waals surface area contributed by atoms with Gasteiger partial charge >= 0.3 is 5.97 Å². The Hall–Kier alpha value is -1.88. The minimum atomic E-state index is -0.833. The number of nitrogens with zero attached hydrogens (tertiary/aromatic N) is 2. The van der Waals surface area contributed by atoms with Crippen molar-refractivity contribution < 1.29 is 9.90 Å². The van der Waals surface area contributed by atoms with Gasteiger partial charge in [0.15, 0.2) is 5.13 Å². The molecule has 3 rings (SSSR count).